The van der Waals surface area contributed by atoms with E-state index in [1.165, 1.54) is 0 Å². The molecule has 3 aromatic heterocycles. The smallest absolute Gasteiger partial charge is 0.313 e. The Kier molecular flexibility index (Phi) is 3.15. The number of nitrogens with zero attached hydrogens (tertiary/aromatic N) is 5. The van der Waals surface area contributed by atoms with Crippen LogP contribution in [0, 0.1) is 0 Å². The third-order valence-electron chi connectivity index (χ3n) is 2.66. The van der Waals surface area contributed by atoms with Crippen molar-refractivity contribution >= 4 is 28.9 Å². The zero-order valence-electron chi connectivity index (χ0n) is 10.6. The maximum Gasteiger partial charge on any atom is 0.313 e. The second-order valence-corrected chi connectivity index (χ2v) is 5.07. The first-order valence-corrected chi connectivity index (χ1v) is 6.81. The molecule has 0 fully saturated rings. The average molecular weight is 289 g/mol. The van der Waals surface area contributed by atoms with E-state index in [-0.39, 0.29) is 5.75 Å². The Labute approximate surface area is 118 Å². The van der Waals surface area contributed by atoms with Crippen molar-refractivity contribution in [2.45, 2.75) is 5.16 Å². The summed E-state index contributed by atoms with van der Waals surface area (Å²) in [4.78, 5) is 19.5. The third kappa shape index (κ3) is 2.25. The normalized spacial score (nSPS) is 11.1. The number of fused-ring (bicyclic) bond motifs is 1. The topological polar surface area (TPSA) is 85.8 Å². The summed E-state index contributed by atoms with van der Waals surface area (Å²) in [6, 6.07) is 3.65. The Hall–Kier alpha value is -2.35. The van der Waals surface area contributed by atoms with Gasteiger partial charge >= 0.3 is 5.97 Å². The van der Waals surface area contributed by atoms with Crippen LogP contribution in [0.3, 0.4) is 0 Å². The van der Waals surface area contributed by atoms with Gasteiger partial charge in [-0.05, 0) is 12.1 Å². The molecule has 1 N–H and O–H groups in total. The van der Waals surface area contributed by atoms with E-state index in [1.54, 1.807) is 23.1 Å². The summed E-state index contributed by atoms with van der Waals surface area (Å²) in [7, 11) is 1.82. The fraction of sp³-hybridized carbons (Fsp3) is 0.167. The molecule has 0 unspecified atom stereocenters. The van der Waals surface area contributed by atoms with E-state index >= 15 is 0 Å². The van der Waals surface area contributed by atoms with Gasteiger partial charge in [-0.2, -0.15) is 5.10 Å². The van der Waals surface area contributed by atoms with Crippen molar-refractivity contribution in [1.82, 2.24) is 24.3 Å². The minimum Gasteiger partial charge on any atom is -0.481 e. The summed E-state index contributed by atoms with van der Waals surface area (Å²) in [5, 5.41) is 13.5. The number of pyridine rings is 1. The van der Waals surface area contributed by atoms with E-state index in [2.05, 4.69) is 15.1 Å². The minimum absolute atomic E-state index is 0.0520. The zero-order valence-corrected chi connectivity index (χ0v) is 11.4. The van der Waals surface area contributed by atoms with E-state index < -0.39 is 5.97 Å². The highest BCUT2D eigenvalue weighted by molar-refractivity contribution is 7.99. The Morgan fingerprint density at radius 2 is 2.35 bits per heavy atom. The lowest BCUT2D eigenvalue weighted by Crippen LogP contribution is -2.01. The van der Waals surface area contributed by atoms with Gasteiger partial charge in [-0.25, -0.2) is 9.97 Å². The SMILES string of the molecule is Cn1cc(-n2c(SCC(=O)O)nc3cccnc32)cn1. The number of imidazole rings is 1. The molecule has 3 rings (SSSR count). The van der Waals surface area contributed by atoms with Crippen LogP contribution < -0.4 is 0 Å². The molecular formula is C12H11N5O2S. The highest BCUT2D eigenvalue weighted by Gasteiger charge is 2.15. The molecule has 0 radical (unpaired) electrons. The number of rotatable bonds is 4. The number of aryl methyl sites for hydroxylation is 1. The summed E-state index contributed by atoms with van der Waals surface area (Å²) in [5.74, 6) is -0.934. The molecule has 0 atom stereocenters. The lowest BCUT2D eigenvalue weighted by Gasteiger charge is -2.03. The first-order valence-electron chi connectivity index (χ1n) is 5.82. The van der Waals surface area contributed by atoms with E-state index in [1.807, 2.05) is 23.9 Å². The van der Waals surface area contributed by atoms with E-state index in [4.69, 9.17) is 5.11 Å². The molecule has 0 aliphatic carbocycles. The zero-order chi connectivity index (χ0) is 14.1. The van der Waals surface area contributed by atoms with Crippen LogP contribution in [-0.4, -0.2) is 41.1 Å². The lowest BCUT2D eigenvalue weighted by molar-refractivity contribution is -0.133. The number of hydrogen-bond acceptors (Lipinski definition) is 5. The highest BCUT2D eigenvalue weighted by atomic mass is 32.2. The molecule has 0 spiro atoms. The van der Waals surface area contributed by atoms with Crippen molar-refractivity contribution in [2.75, 3.05) is 5.75 Å². The van der Waals surface area contributed by atoms with Gasteiger partial charge in [0.05, 0.1) is 17.6 Å². The second kappa shape index (κ2) is 4.97. The van der Waals surface area contributed by atoms with E-state index in [0.717, 1.165) is 23.0 Å². The molecule has 0 bridgehead atoms. The monoisotopic (exact) mass is 289 g/mol. The molecule has 7 nitrogen and oxygen atoms in total. The van der Waals surface area contributed by atoms with Crippen molar-refractivity contribution in [3.8, 4) is 5.69 Å². The number of carbonyl (C=O) groups is 1. The number of thioether (sulfide) groups is 1. The molecule has 0 aliphatic heterocycles. The third-order valence-corrected chi connectivity index (χ3v) is 3.58. The molecule has 3 heterocycles. The van der Waals surface area contributed by atoms with Gasteiger partial charge in [0.1, 0.15) is 5.52 Å². The maximum absolute atomic E-state index is 10.7. The van der Waals surface area contributed by atoms with Crippen LogP contribution in [0.15, 0.2) is 35.9 Å². The predicted molar refractivity (Wildman–Crippen MR) is 74.0 cm³/mol. The molecule has 20 heavy (non-hydrogen) atoms. The highest BCUT2D eigenvalue weighted by Crippen LogP contribution is 2.26. The largest absolute Gasteiger partial charge is 0.481 e. The van der Waals surface area contributed by atoms with Crippen LogP contribution in [0.25, 0.3) is 16.9 Å². The van der Waals surface area contributed by atoms with E-state index in [9.17, 15) is 4.79 Å². The number of carboxylic acid groups (broad SMARTS) is 1. The van der Waals surface area contributed by atoms with Crippen LogP contribution in [-0.2, 0) is 11.8 Å². The second-order valence-electron chi connectivity index (χ2n) is 4.13. The number of aliphatic carboxylic acids is 1. The lowest BCUT2D eigenvalue weighted by atomic mass is 10.4. The Morgan fingerprint density at radius 1 is 1.50 bits per heavy atom. The molecule has 0 saturated carbocycles. The van der Waals surface area contributed by atoms with Crippen LogP contribution in [0.5, 0.6) is 0 Å². The Balaban J connectivity index is 2.15. The van der Waals surface area contributed by atoms with E-state index in [0.29, 0.717) is 10.8 Å². The van der Waals surface area contributed by atoms with Crippen LogP contribution >= 0.6 is 11.8 Å². The number of carboxylic acids is 1. The van der Waals surface area contributed by atoms with Gasteiger partial charge in [-0.3, -0.25) is 14.0 Å². The summed E-state index contributed by atoms with van der Waals surface area (Å²) in [6.07, 6.45) is 5.21. The van der Waals surface area contributed by atoms with Gasteiger partial charge in [-0.15, -0.1) is 0 Å². The summed E-state index contributed by atoms with van der Waals surface area (Å²) in [5.41, 5.74) is 2.22. The quantitative estimate of drug-likeness (QED) is 0.729. The van der Waals surface area contributed by atoms with Crippen molar-refractivity contribution in [3.05, 3.63) is 30.7 Å². The molecule has 3 aromatic rings. The predicted octanol–water partition coefficient (Wildman–Crippen LogP) is 1.33. The van der Waals surface area contributed by atoms with Gasteiger partial charge < -0.3 is 5.11 Å². The molecule has 0 aliphatic rings. The van der Waals surface area contributed by atoms with Gasteiger partial charge in [-0.1, -0.05) is 11.8 Å². The van der Waals surface area contributed by atoms with Crippen LogP contribution in [0.1, 0.15) is 0 Å². The number of hydrogen-bond donors (Lipinski definition) is 1. The summed E-state index contributed by atoms with van der Waals surface area (Å²) < 4.78 is 3.49. The minimum atomic E-state index is -0.882. The molecule has 0 aromatic carbocycles. The van der Waals surface area contributed by atoms with Gasteiger partial charge in [0.2, 0.25) is 0 Å². The van der Waals surface area contributed by atoms with Gasteiger partial charge in [0.15, 0.2) is 10.8 Å². The Morgan fingerprint density at radius 3 is 3.05 bits per heavy atom. The molecular weight excluding hydrogens is 278 g/mol. The Bertz CT molecular complexity index is 779. The number of aromatic nitrogens is 5. The van der Waals surface area contributed by atoms with Gasteiger partial charge in [0.25, 0.3) is 0 Å². The summed E-state index contributed by atoms with van der Waals surface area (Å²) >= 11 is 1.16. The maximum atomic E-state index is 10.7. The van der Waals surface area contributed by atoms with Crippen molar-refractivity contribution in [3.63, 3.8) is 0 Å². The summed E-state index contributed by atoms with van der Waals surface area (Å²) in [6.45, 7) is 0. The van der Waals surface area contributed by atoms with Crippen molar-refractivity contribution in [2.24, 2.45) is 7.05 Å². The molecule has 102 valence electrons. The molecule has 8 heteroatoms. The van der Waals surface area contributed by atoms with Crippen molar-refractivity contribution in [1.29, 1.82) is 0 Å². The van der Waals surface area contributed by atoms with Crippen LogP contribution in [0.4, 0.5) is 0 Å². The standard InChI is InChI=1S/C12H11N5O2S/c1-16-6-8(5-14-16)17-11-9(3-2-4-13-11)15-12(17)20-7-10(18)19/h2-6H,7H2,1H3,(H,18,19). The molecule has 0 amide bonds. The fourth-order valence-electron chi connectivity index (χ4n) is 1.87. The average Bonchev–Trinajstić information content (AvgIpc) is 2.99. The fourth-order valence-corrected chi connectivity index (χ4v) is 2.61. The first-order chi connectivity index (χ1) is 9.65. The molecule has 0 saturated heterocycles. The van der Waals surface area contributed by atoms with Crippen molar-refractivity contribution < 1.29 is 9.90 Å². The van der Waals surface area contributed by atoms with Gasteiger partial charge in [0, 0.05) is 19.4 Å². The first kappa shape index (κ1) is 12.7. The van der Waals surface area contributed by atoms with Crippen LogP contribution in [0.2, 0.25) is 0 Å².